The van der Waals surface area contributed by atoms with E-state index in [9.17, 15) is 4.79 Å². The Morgan fingerprint density at radius 2 is 2.19 bits per heavy atom. The Morgan fingerprint density at radius 3 is 2.86 bits per heavy atom. The number of ether oxygens (including phenoxy) is 1. The first-order chi connectivity index (χ1) is 9.89. The highest BCUT2D eigenvalue weighted by Gasteiger charge is 2.16. The van der Waals surface area contributed by atoms with Crippen molar-refractivity contribution in [1.29, 1.82) is 0 Å². The minimum absolute atomic E-state index is 0.328. The van der Waals surface area contributed by atoms with Gasteiger partial charge in [-0.15, -0.1) is 5.10 Å². The highest BCUT2D eigenvalue weighted by Crippen LogP contribution is 2.18. The molecule has 110 valence electrons. The van der Waals surface area contributed by atoms with Gasteiger partial charge in [0.05, 0.1) is 13.2 Å². The average Bonchev–Trinajstić information content (AvgIpc) is 2.79. The predicted molar refractivity (Wildman–Crippen MR) is 79.9 cm³/mol. The zero-order valence-electron chi connectivity index (χ0n) is 12.2. The maximum absolute atomic E-state index is 11.6. The van der Waals surface area contributed by atoms with Crippen molar-refractivity contribution in [3.63, 3.8) is 0 Å². The third kappa shape index (κ3) is 4.03. The van der Waals surface area contributed by atoms with Gasteiger partial charge in [0.25, 0.3) is 0 Å². The highest BCUT2D eigenvalue weighted by atomic mass is 28.3. The smallest absolute Gasteiger partial charge is 0.433 e. The molecule has 0 atom stereocenters. The fourth-order valence-corrected chi connectivity index (χ4v) is 2.28. The summed E-state index contributed by atoms with van der Waals surface area (Å²) in [6.07, 6.45) is -0.826. The zero-order chi connectivity index (χ0) is 15.5. The summed E-state index contributed by atoms with van der Waals surface area (Å²) < 4.78 is 5.02. The summed E-state index contributed by atoms with van der Waals surface area (Å²) in [5, 5.41) is 7.57. The lowest BCUT2D eigenvalue weighted by Gasteiger charge is -2.14. The summed E-state index contributed by atoms with van der Waals surface area (Å²) in [4.78, 5) is 20.9. The van der Waals surface area contributed by atoms with Gasteiger partial charge in [-0.25, -0.2) is 9.64 Å². The Kier molecular flexibility index (Phi) is 4.23. The summed E-state index contributed by atoms with van der Waals surface area (Å²) in [6, 6.07) is 5.69. The molecule has 1 aromatic heterocycles. The van der Waals surface area contributed by atoms with Crippen LogP contribution in [-0.4, -0.2) is 36.0 Å². The molecule has 0 saturated carbocycles. The fraction of sp³-hybridized carbons (Fsp3) is 0.385. The van der Waals surface area contributed by atoms with Crippen LogP contribution >= 0.6 is 0 Å². The number of rotatable bonds is 4. The van der Waals surface area contributed by atoms with Crippen LogP contribution in [0.25, 0.3) is 15.9 Å². The van der Waals surface area contributed by atoms with E-state index in [0.717, 1.165) is 10.9 Å². The van der Waals surface area contributed by atoms with Crippen molar-refractivity contribution in [2.75, 3.05) is 6.61 Å². The van der Waals surface area contributed by atoms with Crippen molar-refractivity contribution in [3.05, 3.63) is 29.6 Å². The molecule has 0 aliphatic rings. The number of hydrogen-bond donors (Lipinski definition) is 0. The van der Waals surface area contributed by atoms with Gasteiger partial charge in [-0.3, -0.25) is 4.84 Å². The number of benzene rings is 1. The fourth-order valence-electron chi connectivity index (χ4n) is 1.56. The number of fused-ring (bicyclic) bond motifs is 1. The second-order valence-corrected chi connectivity index (χ2v) is 11.4. The topological polar surface area (TPSA) is 70.6 Å². The van der Waals surface area contributed by atoms with Gasteiger partial charge in [0.15, 0.2) is 5.69 Å². The standard InChI is InChI=1S/C13H16N4O3Si/c1-14-10-5-6-11-12(9-10)17(16-15-11)20-13(18)19-7-8-21(2,3)4/h5-6,9H,7-8H2,2-4H3. The van der Waals surface area contributed by atoms with Crippen molar-refractivity contribution < 1.29 is 14.4 Å². The van der Waals surface area contributed by atoms with Crippen molar-refractivity contribution in [2.45, 2.75) is 25.7 Å². The van der Waals surface area contributed by atoms with Crippen LogP contribution in [0.2, 0.25) is 25.7 Å². The molecule has 0 radical (unpaired) electrons. The second kappa shape index (κ2) is 5.93. The lowest BCUT2D eigenvalue weighted by Crippen LogP contribution is -2.26. The van der Waals surface area contributed by atoms with Gasteiger partial charge in [-0.05, 0) is 23.4 Å². The molecule has 0 amide bonds. The van der Waals surface area contributed by atoms with Crippen LogP contribution in [0.1, 0.15) is 0 Å². The van der Waals surface area contributed by atoms with Crippen molar-refractivity contribution >= 4 is 31.0 Å². The molecule has 2 rings (SSSR count). The quantitative estimate of drug-likeness (QED) is 0.376. The first-order valence-electron chi connectivity index (χ1n) is 6.47. The molecule has 1 aromatic carbocycles. The summed E-state index contributed by atoms with van der Waals surface area (Å²) in [5.74, 6) is 0. The molecule has 7 nitrogen and oxygen atoms in total. The molecule has 0 aliphatic heterocycles. The van der Waals surface area contributed by atoms with Gasteiger partial charge in [0.1, 0.15) is 11.0 Å². The maximum atomic E-state index is 11.6. The minimum Gasteiger partial charge on any atom is -0.433 e. The molecule has 0 fully saturated rings. The lowest BCUT2D eigenvalue weighted by molar-refractivity contribution is 0.0426. The summed E-state index contributed by atoms with van der Waals surface area (Å²) >= 11 is 0. The monoisotopic (exact) mass is 304 g/mol. The normalized spacial score (nSPS) is 11.1. The van der Waals surface area contributed by atoms with E-state index in [1.54, 1.807) is 18.2 Å². The molecule has 0 aliphatic carbocycles. The van der Waals surface area contributed by atoms with Gasteiger partial charge in [0.2, 0.25) is 0 Å². The molecular weight excluding hydrogens is 288 g/mol. The van der Waals surface area contributed by atoms with Crippen LogP contribution in [0.5, 0.6) is 0 Å². The SMILES string of the molecule is [C-]#[N+]c1ccc2nnn(OC(=O)OCC[Si](C)(C)C)c2c1. The van der Waals surface area contributed by atoms with E-state index in [1.807, 2.05) is 0 Å². The van der Waals surface area contributed by atoms with Crippen molar-refractivity contribution in [2.24, 2.45) is 0 Å². The largest absolute Gasteiger partial charge is 0.535 e. The molecule has 0 N–H and O–H groups in total. The number of carbonyl (C=O) groups is 1. The van der Waals surface area contributed by atoms with Gasteiger partial charge in [-0.2, -0.15) is 0 Å². The van der Waals surface area contributed by atoms with Crippen LogP contribution in [0.4, 0.5) is 10.5 Å². The molecule has 0 spiro atoms. The Bertz CT molecular complexity index is 699. The zero-order valence-corrected chi connectivity index (χ0v) is 13.2. The van der Waals surface area contributed by atoms with Gasteiger partial charge >= 0.3 is 6.16 Å². The van der Waals surface area contributed by atoms with Crippen LogP contribution in [0.3, 0.4) is 0 Å². The molecule has 21 heavy (non-hydrogen) atoms. The number of carbonyl (C=O) groups excluding carboxylic acids is 1. The van der Waals surface area contributed by atoms with Crippen molar-refractivity contribution in [3.8, 4) is 0 Å². The maximum Gasteiger partial charge on any atom is 0.535 e. The minimum atomic E-state index is -1.26. The van der Waals surface area contributed by atoms with E-state index < -0.39 is 14.2 Å². The number of aromatic nitrogens is 3. The average molecular weight is 304 g/mol. The third-order valence-corrected chi connectivity index (χ3v) is 4.46. The third-order valence-electron chi connectivity index (χ3n) is 2.76. The van der Waals surface area contributed by atoms with Crippen LogP contribution in [-0.2, 0) is 4.74 Å². The van der Waals surface area contributed by atoms with Gasteiger partial charge in [-0.1, -0.05) is 30.6 Å². The van der Waals surface area contributed by atoms with E-state index in [2.05, 4.69) is 34.8 Å². The predicted octanol–water partition coefficient (Wildman–Crippen LogP) is 2.89. The van der Waals surface area contributed by atoms with E-state index in [4.69, 9.17) is 16.1 Å². The van der Waals surface area contributed by atoms with E-state index >= 15 is 0 Å². The lowest BCUT2D eigenvalue weighted by atomic mass is 10.3. The van der Waals surface area contributed by atoms with Crippen LogP contribution in [0, 0.1) is 6.57 Å². The van der Waals surface area contributed by atoms with E-state index in [-0.39, 0.29) is 0 Å². The Morgan fingerprint density at radius 1 is 1.43 bits per heavy atom. The summed E-state index contributed by atoms with van der Waals surface area (Å²) in [6.45, 7) is 13.9. The molecular formula is C13H16N4O3Si. The molecule has 8 heteroatoms. The Balaban J connectivity index is 2.03. The first-order valence-corrected chi connectivity index (χ1v) is 10.2. The molecule has 0 saturated heterocycles. The summed E-state index contributed by atoms with van der Waals surface area (Å²) in [5.41, 5.74) is 1.41. The van der Waals surface area contributed by atoms with Crippen LogP contribution in [0.15, 0.2) is 18.2 Å². The number of hydrogen-bond acceptors (Lipinski definition) is 5. The van der Waals surface area contributed by atoms with Crippen molar-refractivity contribution in [1.82, 2.24) is 15.2 Å². The van der Waals surface area contributed by atoms with Gasteiger partial charge in [0, 0.05) is 8.07 Å². The number of nitrogens with zero attached hydrogens (tertiary/aromatic N) is 4. The highest BCUT2D eigenvalue weighted by molar-refractivity contribution is 6.76. The summed E-state index contributed by atoms with van der Waals surface area (Å²) in [7, 11) is -1.26. The Hall–Kier alpha value is -2.40. The van der Waals surface area contributed by atoms with Gasteiger partial charge < -0.3 is 4.74 Å². The Labute approximate surface area is 123 Å². The van der Waals surface area contributed by atoms with E-state index in [1.165, 1.54) is 0 Å². The molecule has 1 heterocycles. The first kappa shape index (κ1) is 15.0. The molecule has 0 bridgehead atoms. The van der Waals surface area contributed by atoms with Crippen LogP contribution < -0.4 is 4.84 Å². The second-order valence-electron chi connectivity index (χ2n) is 5.75. The molecule has 2 aromatic rings. The molecule has 0 unspecified atom stereocenters. The van der Waals surface area contributed by atoms with E-state index in [0.29, 0.717) is 23.3 Å².